The number of hydrogen-bond acceptors (Lipinski definition) is 6. The summed E-state index contributed by atoms with van der Waals surface area (Å²) >= 11 is 0. The van der Waals surface area contributed by atoms with Gasteiger partial charge >= 0.3 is 17.9 Å². The Hall–Kier alpha value is -4.45. The summed E-state index contributed by atoms with van der Waals surface area (Å²) < 4.78 is 16.7. The van der Waals surface area contributed by atoms with Crippen LogP contribution in [0.5, 0.6) is 0 Å². The van der Waals surface area contributed by atoms with Crippen LogP contribution in [0.4, 0.5) is 0 Å². The number of carbonyl (C=O) groups excluding carboxylic acids is 3. The van der Waals surface area contributed by atoms with Crippen molar-refractivity contribution >= 4 is 17.9 Å². The summed E-state index contributed by atoms with van der Waals surface area (Å²) in [4.78, 5) is 38.0. The number of hydrogen-bond donors (Lipinski definition) is 0. The molecule has 0 aromatic rings. The largest absolute Gasteiger partial charge is 0.462 e. The van der Waals surface area contributed by atoms with Crippen molar-refractivity contribution in [1.29, 1.82) is 0 Å². The van der Waals surface area contributed by atoms with Gasteiger partial charge in [-0.3, -0.25) is 14.4 Å². The first-order valence-electron chi connectivity index (χ1n) is 26.2. The predicted octanol–water partition coefficient (Wildman–Crippen LogP) is 17.5. The van der Waals surface area contributed by atoms with Crippen molar-refractivity contribution < 1.29 is 28.6 Å². The Labute approximate surface area is 405 Å². The first-order valence-corrected chi connectivity index (χ1v) is 26.2. The Morgan fingerprint density at radius 1 is 0.318 bits per heavy atom. The summed E-state index contributed by atoms with van der Waals surface area (Å²) in [7, 11) is 0. The van der Waals surface area contributed by atoms with E-state index in [1.807, 2.05) is 0 Å². The molecular weight excluding hydrogens is 817 g/mol. The van der Waals surface area contributed by atoms with E-state index in [-0.39, 0.29) is 37.5 Å². The molecule has 0 spiro atoms. The molecule has 0 amide bonds. The molecule has 6 nitrogen and oxygen atoms in total. The monoisotopic (exact) mass is 911 g/mol. The number of rotatable bonds is 45. The van der Waals surface area contributed by atoms with Gasteiger partial charge in [0.2, 0.25) is 0 Å². The third-order valence-corrected chi connectivity index (χ3v) is 10.4. The third-order valence-electron chi connectivity index (χ3n) is 10.4. The van der Waals surface area contributed by atoms with Crippen LogP contribution in [0.1, 0.15) is 207 Å². The highest BCUT2D eigenvalue weighted by Crippen LogP contribution is 2.12. The first-order chi connectivity index (χ1) is 32.5. The van der Waals surface area contributed by atoms with Gasteiger partial charge in [0.1, 0.15) is 13.2 Å². The van der Waals surface area contributed by atoms with Gasteiger partial charge in [-0.15, -0.1) is 0 Å². The summed E-state index contributed by atoms with van der Waals surface area (Å²) in [5.41, 5.74) is 0. The highest BCUT2D eigenvalue weighted by atomic mass is 16.6. The van der Waals surface area contributed by atoms with Gasteiger partial charge in [-0.05, 0) is 128 Å². The van der Waals surface area contributed by atoms with E-state index in [1.165, 1.54) is 32.1 Å². The molecule has 0 fully saturated rings. The van der Waals surface area contributed by atoms with Gasteiger partial charge < -0.3 is 14.2 Å². The van der Waals surface area contributed by atoms with E-state index in [0.717, 1.165) is 128 Å². The van der Waals surface area contributed by atoms with E-state index in [0.29, 0.717) is 19.3 Å². The van der Waals surface area contributed by atoms with Gasteiger partial charge in [0.25, 0.3) is 0 Å². The molecule has 66 heavy (non-hydrogen) atoms. The topological polar surface area (TPSA) is 78.9 Å². The van der Waals surface area contributed by atoms with Crippen LogP contribution in [0, 0.1) is 0 Å². The van der Waals surface area contributed by atoms with E-state index in [4.69, 9.17) is 14.2 Å². The van der Waals surface area contributed by atoms with E-state index < -0.39 is 6.10 Å². The van der Waals surface area contributed by atoms with Gasteiger partial charge in [-0.25, -0.2) is 0 Å². The molecule has 1 atom stereocenters. The zero-order valence-corrected chi connectivity index (χ0v) is 42.1. The lowest BCUT2D eigenvalue weighted by Gasteiger charge is -2.18. The highest BCUT2D eigenvalue weighted by molar-refractivity contribution is 5.71. The fourth-order valence-corrected chi connectivity index (χ4v) is 6.50. The zero-order chi connectivity index (χ0) is 47.9. The van der Waals surface area contributed by atoms with Crippen LogP contribution in [0.25, 0.3) is 0 Å². The number of carbonyl (C=O) groups is 3. The number of unbranched alkanes of at least 4 members (excludes halogenated alkanes) is 12. The van der Waals surface area contributed by atoms with Crippen molar-refractivity contribution in [2.75, 3.05) is 13.2 Å². The summed E-state index contributed by atoms with van der Waals surface area (Å²) in [5, 5.41) is 0. The molecule has 0 aliphatic carbocycles. The second kappa shape index (κ2) is 53.2. The third kappa shape index (κ3) is 50.5. The minimum absolute atomic E-state index is 0.121. The highest BCUT2D eigenvalue weighted by Gasteiger charge is 2.19. The predicted molar refractivity (Wildman–Crippen MR) is 283 cm³/mol. The number of allylic oxidation sites excluding steroid dienone is 22. The van der Waals surface area contributed by atoms with Crippen LogP contribution >= 0.6 is 0 Å². The smallest absolute Gasteiger partial charge is 0.306 e. The maximum Gasteiger partial charge on any atom is 0.306 e. The van der Waals surface area contributed by atoms with Gasteiger partial charge in [0.05, 0.1) is 0 Å². The molecule has 0 aromatic heterocycles. The molecule has 0 aromatic carbocycles. The molecule has 370 valence electrons. The normalized spacial score (nSPS) is 13.2. The van der Waals surface area contributed by atoms with Crippen molar-refractivity contribution in [1.82, 2.24) is 0 Å². The lowest BCUT2D eigenvalue weighted by atomic mass is 10.1. The molecule has 0 saturated carbocycles. The van der Waals surface area contributed by atoms with Crippen LogP contribution in [-0.2, 0) is 28.6 Å². The fraction of sp³-hybridized carbons (Fsp3) is 0.583. The van der Waals surface area contributed by atoms with Gasteiger partial charge in [0, 0.05) is 19.3 Å². The summed E-state index contributed by atoms with van der Waals surface area (Å²) in [6.45, 7) is 6.28. The lowest BCUT2D eigenvalue weighted by molar-refractivity contribution is -0.167. The minimum Gasteiger partial charge on any atom is -0.462 e. The Kier molecular flexibility index (Phi) is 49.6. The number of ether oxygens (including phenoxy) is 3. The fourth-order valence-electron chi connectivity index (χ4n) is 6.50. The molecule has 0 rings (SSSR count). The summed E-state index contributed by atoms with van der Waals surface area (Å²) in [6.07, 6.45) is 74.4. The average Bonchev–Trinajstić information content (AvgIpc) is 3.31. The van der Waals surface area contributed by atoms with E-state index in [1.54, 1.807) is 0 Å². The van der Waals surface area contributed by atoms with Crippen molar-refractivity contribution in [2.24, 2.45) is 0 Å². The molecule has 0 aliphatic heterocycles. The molecule has 0 N–H and O–H groups in total. The van der Waals surface area contributed by atoms with E-state index >= 15 is 0 Å². The molecular formula is C60H94O6. The van der Waals surface area contributed by atoms with Crippen molar-refractivity contribution in [3.05, 3.63) is 134 Å². The molecule has 0 heterocycles. The maximum atomic E-state index is 12.8. The van der Waals surface area contributed by atoms with Crippen LogP contribution in [-0.4, -0.2) is 37.2 Å². The van der Waals surface area contributed by atoms with Crippen molar-refractivity contribution in [2.45, 2.75) is 213 Å². The molecule has 0 bridgehead atoms. The second-order valence-electron chi connectivity index (χ2n) is 16.7. The van der Waals surface area contributed by atoms with Crippen LogP contribution in [0.15, 0.2) is 134 Å². The quantitative estimate of drug-likeness (QED) is 0.0262. The molecule has 1 unspecified atom stereocenters. The Balaban J connectivity index is 4.57. The first kappa shape index (κ1) is 61.5. The van der Waals surface area contributed by atoms with Crippen LogP contribution in [0.2, 0.25) is 0 Å². The molecule has 0 radical (unpaired) electrons. The Morgan fingerprint density at radius 3 is 1.00 bits per heavy atom. The van der Waals surface area contributed by atoms with Crippen LogP contribution < -0.4 is 0 Å². The number of esters is 3. The average molecular weight is 911 g/mol. The van der Waals surface area contributed by atoms with E-state index in [2.05, 4.69) is 154 Å². The van der Waals surface area contributed by atoms with Crippen LogP contribution in [0.3, 0.4) is 0 Å². The minimum atomic E-state index is -0.829. The Bertz CT molecular complexity index is 1460. The maximum absolute atomic E-state index is 12.8. The molecule has 0 saturated heterocycles. The summed E-state index contributed by atoms with van der Waals surface area (Å²) in [6, 6.07) is 0. The van der Waals surface area contributed by atoms with Crippen molar-refractivity contribution in [3.63, 3.8) is 0 Å². The van der Waals surface area contributed by atoms with Gasteiger partial charge in [-0.1, -0.05) is 193 Å². The SMILES string of the molecule is CC/C=C\C/C=C\C/C=C\C/C=C\C/C=C\CCCCCC(=O)OCC(COC(=O)CCCCCCC/C=C\CCCCC)OC(=O)CCC/C=C\C/C=C\C/C=C\C/C=C\C/C=C\CC. The van der Waals surface area contributed by atoms with Crippen molar-refractivity contribution in [3.8, 4) is 0 Å². The zero-order valence-electron chi connectivity index (χ0n) is 42.1. The molecule has 6 heteroatoms. The van der Waals surface area contributed by atoms with E-state index in [9.17, 15) is 14.4 Å². The van der Waals surface area contributed by atoms with Gasteiger partial charge in [-0.2, -0.15) is 0 Å². The molecule has 0 aliphatic rings. The Morgan fingerprint density at radius 2 is 0.606 bits per heavy atom. The van der Waals surface area contributed by atoms with Gasteiger partial charge in [0.15, 0.2) is 6.10 Å². The standard InChI is InChI=1S/C60H94O6/c1-4-7-10-13-16-19-22-25-27-29-30-32-33-35-38-41-44-47-50-53-59(62)65-56-57(55-64-58(61)52-49-46-43-40-37-24-21-18-15-12-9-6-3)66-60(63)54-51-48-45-42-39-36-34-31-28-26-23-20-17-14-11-8-5-2/h7-8,10-11,16-21,25-28,30,32,34-36,38,42,45,57H,4-6,9,12-15,22-24,29,31,33,37,39-41,43-44,46-56H2,1-3H3/b10-7-,11-8-,19-16-,20-17-,21-18-,27-25-,28-26-,32-30-,36-34-,38-35-,45-42-. The lowest BCUT2D eigenvalue weighted by Crippen LogP contribution is -2.30. The second-order valence-corrected chi connectivity index (χ2v) is 16.7. The summed E-state index contributed by atoms with van der Waals surface area (Å²) in [5.74, 6) is -1.03.